The number of thiol groups is 1. The van der Waals surface area contributed by atoms with E-state index < -0.39 is 10.2 Å². The van der Waals surface area contributed by atoms with Crippen molar-refractivity contribution in [1.29, 1.82) is 0 Å². The predicted molar refractivity (Wildman–Crippen MR) is 50.5 cm³/mol. The summed E-state index contributed by atoms with van der Waals surface area (Å²) in [6, 6.07) is 5.63. The highest BCUT2D eigenvalue weighted by atomic mass is 32.1. The van der Waals surface area contributed by atoms with E-state index in [1.54, 1.807) is 6.29 Å². The van der Waals surface area contributed by atoms with Crippen molar-refractivity contribution in [1.82, 2.24) is 0 Å². The maximum atomic E-state index is 10.3. The lowest BCUT2D eigenvalue weighted by molar-refractivity contribution is -0.384. The number of nitro benzene ring substituents is 1. The molecule has 0 N–H and O–H groups in total. The third-order valence-corrected chi connectivity index (χ3v) is 1.93. The van der Waals surface area contributed by atoms with Crippen LogP contribution in [0.5, 0.6) is 0 Å². The number of carbonyl (C=O) groups excluding carboxylic acids is 1. The number of nitrogens with zero attached hydrogens (tertiary/aromatic N) is 1. The fraction of sp³-hybridized carbons (Fsp3) is 0.125. The van der Waals surface area contributed by atoms with Crippen LogP contribution in [-0.2, 0) is 4.79 Å². The first-order chi connectivity index (χ1) is 6.15. The maximum absolute atomic E-state index is 10.3. The first-order valence-electron chi connectivity index (χ1n) is 3.45. The summed E-state index contributed by atoms with van der Waals surface area (Å²) < 4.78 is 0. The summed E-state index contributed by atoms with van der Waals surface area (Å²) in [5.41, 5.74) is 0.596. The normalized spacial score (nSPS) is 12.1. The second kappa shape index (κ2) is 4.04. The van der Waals surface area contributed by atoms with Gasteiger partial charge in [-0.1, -0.05) is 12.1 Å². The van der Waals surface area contributed by atoms with Gasteiger partial charge in [-0.25, -0.2) is 0 Å². The van der Waals surface area contributed by atoms with E-state index in [4.69, 9.17) is 0 Å². The highest BCUT2D eigenvalue weighted by Gasteiger charge is 2.08. The van der Waals surface area contributed by atoms with Crippen LogP contribution in [0, 0.1) is 10.1 Å². The van der Waals surface area contributed by atoms with Gasteiger partial charge in [0, 0.05) is 12.1 Å². The number of hydrogen-bond donors (Lipinski definition) is 1. The molecule has 0 aliphatic heterocycles. The van der Waals surface area contributed by atoms with Crippen LogP contribution in [0.4, 0.5) is 5.69 Å². The van der Waals surface area contributed by atoms with Crippen molar-refractivity contribution in [2.45, 2.75) is 5.25 Å². The minimum absolute atomic E-state index is 0.00446. The van der Waals surface area contributed by atoms with Crippen LogP contribution in [0.1, 0.15) is 10.8 Å². The van der Waals surface area contributed by atoms with Gasteiger partial charge in [0.2, 0.25) is 6.29 Å². The summed E-state index contributed by atoms with van der Waals surface area (Å²) in [5, 5.41) is 9.62. The van der Waals surface area contributed by atoms with Gasteiger partial charge >= 0.3 is 0 Å². The van der Waals surface area contributed by atoms with Crippen LogP contribution in [0.15, 0.2) is 24.3 Å². The largest absolute Gasteiger partial charge is 0.289 e. The van der Waals surface area contributed by atoms with Gasteiger partial charge in [-0.3, -0.25) is 14.9 Å². The van der Waals surface area contributed by atoms with E-state index in [1.807, 2.05) is 0 Å². The number of nitro groups is 1. The lowest BCUT2D eigenvalue weighted by Gasteiger charge is -2.00. The number of hydrogen-bond acceptors (Lipinski definition) is 4. The summed E-state index contributed by atoms with van der Waals surface area (Å²) in [4.78, 5) is 20.0. The molecule has 1 rings (SSSR count). The second-order valence-corrected chi connectivity index (χ2v) is 2.89. The average molecular weight is 196 g/mol. The molecule has 0 fully saturated rings. The Kier molecular flexibility index (Phi) is 3.02. The van der Waals surface area contributed by atoms with Crippen LogP contribution < -0.4 is 0 Å². The van der Waals surface area contributed by atoms with E-state index in [0.29, 0.717) is 5.56 Å². The number of rotatable bonds is 3. The molecule has 0 bridgehead atoms. The molecule has 1 aromatic rings. The van der Waals surface area contributed by atoms with E-state index in [9.17, 15) is 14.9 Å². The Morgan fingerprint density at radius 1 is 1.38 bits per heavy atom. The monoisotopic (exact) mass is 196 g/mol. The SMILES string of the molecule is O=[C]C(S)c1ccc([N+](=O)[O-])cc1. The molecule has 1 radical (unpaired) electrons. The van der Waals surface area contributed by atoms with Gasteiger partial charge < -0.3 is 0 Å². The van der Waals surface area contributed by atoms with Gasteiger partial charge in [-0.15, -0.1) is 0 Å². The van der Waals surface area contributed by atoms with Crippen molar-refractivity contribution in [3.8, 4) is 0 Å². The van der Waals surface area contributed by atoms with Gasteiger partial charge in [-0.05, 0) is 5.56 Å². The van der Waals surface area contributed by atoms with Gasteiger partial charge in [0.15, 0.2) is 0 Å². The molecule has 0 aliphatic rings. The van der Waals surface area contributed by atoms with Crippen LogP contribution in [0.3, 0.4) is 0 Å². The van der Waals surface area contributed by atoms with E-state index in [2.05, 4.69) is 12.6 Å². The zero-order chi connectivity index (χ0) is 9.84. The van der Waals surface area contributed by atoms with Crippen LogP contribution in [-0.4, -0.2) is 11.2 Å². The van der Waals surface area contributed by atoms with E-state index in [1.165, 1.54) is 24.3 Å². The summed E-state index contributed by atoms with van der Waals surface area (Å²) >= 11 is 3.91. The zero-order valence-corrected chi connectivity index (χ0v) is 7.40. The van der Waals surface area contributed by atoms with Crippen LogP contribution in [0.25, 0.3) is 0 Å². The van der Waals surface area contributed by atoms with E-state index >= 15 is 0 Å². The molecule has 1 aromatic carbocycles. The minimum Gasteiger partial charge on any atom is -0.289 e. The van der Waals surface area contributed by atoms with Crippen molar-refractivity contribution in [3.63, 3.8) is 0 Å². The number of non-ortho nitro benzene ring substituents is 1. The first kappa shape index (κ1) is 9.73. The van der Waals surface area contributed by atoms with E-state index in [-0.39, 0.29) is 5.69 Å². The molecule has 0 heterocycles. The molecule has 0 spiro atoms. The lowest BCUT2D eigenvalue weighted by atomic mass is 10.1. The molecule has 1 unspecified atom stereocenters. The highest BCUT2D eigenvalue weighted by molar-refractivity contribution is 7.81. The maximum Gasteiger partial charge on any atom is 0.269 e. The molecule has 0 saturated carbocycles. The Bertz CT molecular complexity index is 323. The van der Waals surface area contributed by atoms with Crippen molar-refractivity contribution < 1.29 is 9.72 Å². The quantitative estimate of drug-likeness (QED) is 0.454. The summed E-state index contributed by atoms with van der Waals surface area (Å²) in [6.45, 7) is 0. The molecule has 67 valence electrons. The topological polar surface area (TPSA) is 60.2 Å². The predicted octanol–water partition coefficient (Wildman–Crippen LogP) is 1.68. The van der Waals surface area contributed by atoms with Gasteiger partial charge in [-0.2, -0.15) is 12.6 Å². The first-order valence-corrected chi connectivity index (χ1v) is 3.97. The fourth-order valence-corrected chi connectivity index (χ4v) is 1.02. The summed E-state index contributed by atoms with van der Waals surface area (Å²) in [6.07, 6.45) is 1.67. The minimum atomic E-state index is -0.638. The van der Waals surface area contributed by atoms with Crippen molar-refractivity contribution in [2.24, 2.45) is 0 Å². The average Bonchev–Trinajstić information content (AvgIpc) is 2.17. The second-order valence-electron chi connectivity index (χ2n) is 2.37. The molecule has 4 nitrogen and oxygen atoms in total. The van der Waals surface area contributed by atoms with E-state index in [0.717, 1.165) is 0 Å². The van der Waals surface area contributed by atoms with Gasteiger partial charge in [0.05, 0.1) is 10.2 Å². The third kappa shape index (κ3) is 2.29. The standard InChI is InChI=1S/C8H6NO3S/c10-5-8(13)6-1-3-7(4-2-6)9(11)12/h1-4,8,13H. The highest BCUT2D eigenvalue weighted by Crippen LogP contribution is 2.20. The summed E-state index contributed by atoms with van der Waals surface area (Å²) in [7, 11) is 0. The Morgan fingerprint density at radius 3 is 2.31 bits per heavy atom. The van der Waals surface area contributed by atoms with Crippen LogP contribution in [0.2, 0.25) is 0 Å². The molecular formula is C8H6NO3S. The Morgan fingerprint density at radius 2 is 1.92 bits per heavy atom. The van der Waals surface area contributed by atoms with Crippen molar-refractivity contribution >= 4 is 24.6 Å². The molecule has 0 aliphatic carbocycles. The van der Waals surface area contributed by atoms with Gasteiger partial charge in [0.25, 0.3) is 5.69 Å². The molecule has 0 saturated heterocycles. The van der Waals surface area contributed by atoms with Crippen molar-refractivity contribution in [2.75, 3.05) is 0 Å². The van der Waals surface area contributed by atoms with Crippen LogP contribution >= 0.6 is 12.6 Å². The molecule has 5 heteroatoms. The molecule has 0 amide bonds. The smallest absolute Gasteiger partial charge is 0.269 e. The molecular weight excluding hydrogens is 190 g/mol. The Labute approximate surface area is 80.1 Å². The van der Waals surface area contributed by atoms with Gasteiger partial charge in [0.1, 0.15) is 0 Å². The zero-order valence-electron chi connectivity index (χ0n) is 6.51. The molecule has 1 atom stereocenters. The Balaban J connectivity index is 2.93. The number of benzene rings is 1. The molecule has 0 aromatic heterocycles. The lowest BCUT2D eigenvalue weighted by Crippen LogP contribution is -1.92. The summed E-state index contributed by atoms with van der Waals surface area (Å²) in [5.74, 6) is 0. The third-order valence-electron chi connectivity index (χ3n) is 1.53. The van der Waals surface area contributed by atoms with Crippen molar-refractivity contribution in [3.05, 3.63) is 39.9 Å². The Hall–Kier alpha value is -1.36. The molecule has 13 heavy (non-hydrogen) atoms. The fourth-order valence-electron chi connectivity index (χ4n) is 0.846.